The van der Waals surface area contributed by atoms with E-state index in [0.717, 1.165) is 19.5 Å². The zero-order chi connectivity index (χ0) is 11.4. The molecule has 0 bridgehead atoms. The number of benzene rings is 1. The van der Waals surface area contributed by atoms with Crippen LogP contribution in [0.15, 0.2) is 24.3 Å². The summed E-state index contributed by atoms with van der Waals surface area (Å²) in [6, 6.07) is 8.98. The van der Waals surface area contributed by atoms with Gasteiger partial charge in [0.05, 0.1) is 0 Å². The Hall–Kier alpha value is -0.860. The molecule has 2 nitrogen and oxygen atoms in total. The van der Waals surface area contributed by atoms with Crippen LogP contribution in [0.5, 0.6) is 0 Å². The van der Waals surface area contributed by atoms with Gasteiger partial charge in [0.15, 0.2) is 0 Å². The zero-order valence-corrected chi connectivity index (χ0v) is 10.1. The molecule has 88 valence electrons. The molecule has 3 N–H and O–H groups in total. The Balaban J connectivity index is 2.04. The summed E-state index contributed by atoms with van der Waals surface area (Å²) in [5.74, 6) is 0.598. The Labute approximate surface area is 98.2 Å². The van der Waals surface area contributed by atoms with Gasteiger partial charge >= 0.3 is 0 Å². The third kappa shape index (κ3) is 2.63. The average Bonchev–Trinajstić information content (AvgIpc) is 2.39. The Morgan fingerprint density at radius 2 is 2.12 bits per heavy atom. The van der Waals surface area contributed by atoms with Crippen LogP contribution in [-0.2, 0) is 6.42 Å². The van der Waals surface area contributed by atoms with Gasteiger partial charge in [-0.3, -0.25) is 0 Å². The molecular weight excluding hydrogens is 196 g/mol. The van der Waals surface area contributed by atoms with E-state index < -0.39 is 0 Å². The molecule has 2 heteroatoms. The predicted molar refractivity (Wildman–Crippen MR) is 68.3 cm³/mol. The molecule has 2 atom stereocenters. The molecule has 1 aromatic rings. The van der Waals surface area contributed by atoms with Gasteiger partial charge in [0, 0.05) is 6.04 Å². The van der Waals surface area contributed by atoms with E-state index in [-0.39, 0.29) is 6.04 Å². The number of rotatable bonds is 3. The van der Waals surface area contributed by atoms with Crippen molar-refractivity contribution in [2.45, 2.75) is 32.2 Å². The lowest BCUT2D eigenvalue weighted by molar-refractivity contribution is 0.326. The molecule has 0 spiro atoms. The molecular formula is C14H22N2. The van der Waals surface area contributed by atoms with E-state index >= 15 is 0 Å². The first-order valence-corrected chi connectivity index (χ1v) is 6.36. The highest BCUT2D eigenvalue weighted by atomic mass is 14.9. The maximum atomic E-state index is 6.32. The molecule has 16 heavy (non-hydrogen) atoms. The summed E-state index contributed by atoms with van der Waals surface area (Å²) >= 11 is 0. The molecule has 0 radical (unpaired) electrons. The van der Waals surface area contributed by atoms with E-state index in [0.29, 0.717) is 5.92 Å². The Kier molecular flexibility index (Phi) is 3.97. The molecule has 2 unspecified atom stereocenters. The highest BCUT2D eigenvalue weighted by molar-refractivity contribution is 5.25. The van der Waals surface area contributed by atoms with E-state index in [9.17, 15) is 0 Å². The largest absolute Gasteiger partial charge is 0.324 e. The van der Waals surface area contributed by atoms with Crippen LogP contribution in [0.1, 0.15) is 36.9 Å². The Morgan fingerprint density at radius 1 is 1.38 bits per heavy atom. The zero-order valence-electron chi connectivity index (χ0n) is 10.1. The molecule has 0 amide bonds. The second-order valence-corrected chi connectivity index (χ2v) is 4.73. The van der Waals surface area contributed by atoms with Gasteiger partial charge in [-0.15, -0.1) is 0 Å². The molecule has 1 saturated heterocycles. The van der Waals surface area contributed by atoms with Crippen molar-refractivity contribution >= 4 is 0 Å². The summed E-state index contributed by atoms with van der Waals surface area (Å²) in [6.45, 7) is 4.40. The SMILES string of the molecule is CCc1ccc(C(N)C2CCCNC2)cc1. The summed E-state index contributed by atoms with van der Waals surface area (Å²) in [5, 5.41) is 3.43. The maximum absolute atomic E-state index is 6.32. The van der Waals surface area contributed by atoms with Crippen LogP contribution in [0.2, 0.25) is 0 Å². The van der Waals surface area contributed by atoms with Crippen molar-refractivity contribution in [3.63, 3.8) is 0 Å². The number of hydrogen-bond acceptors (Lipinski definition) is 2. The molecule has 1 aromatic carbocycles. The first-order valence-electron chi connectivity index (χ1n) is 6.36. The van der Waals surface area contributed by atoms with Crippen LogP contribution in [0, 0.1) is 5.92 Å². The number of piperidine rings is 1. The van der Waals surface area contributed by atoms with Crippen molar-refractivity contribution in [2.24, 2.45) is 11.7 Å². The first-order chi connectivity index (χ1) is 7.81. The van der Waals surface area contributed by atoms with Gasteiger partial charge in [-0.25, -0.2) is 0 Å². The Morgan fingerprint density at radius 3 is 2.69 bits per heavy atom. The minimum Gasteiger partial charge on any atom is -0.324 e. The molecule has 0 aromatic heterocycles. The molecule has 1 heterocycles. The van der Waals surface area contributed by atoms with Crippen molar-refractivity contribution in [2.75, 3.05) is 13.1 Å². The Bertz CT molecular complexity index is 312. The first kappa shape index (κ1) is 11.6. The van der Waals surface area contributed by atoms with Gasteiger partial charge in [-0.05, 0) is 49.4 Å². The minimum absolute atomic E-state index is 0.193. The average molecular weight is 218 g/mol. The van der Waals surface area contributed by atoms with E-state index in [1.807, 2.05) is 0 Å². The van der Waals surface area contributed by atoms with E-state index in [1.165, 1.54) is 24.0 Å². The molecule has 2 rings (SSSR count). The monoisotopic (exact) mass is 218 g/mol. The minimum atomic E-state index is 0.193. The maximum Gasteiger partial charge on any atom is 0.0335 e. The smallest absolute Gasteiger partial charge is 0.0335 e. The predicted octanol–water partition coefficient (Wildman–Crippen LogP) is 2.25. The van der Waals surface area contributed by atoms with Crippen molar-refractivity contribution < 1.29 is 0 Å². The third-order valence-corrected chi connectivity index (χ3v) is 3.62. The molecule has 0 aliphatic carbocycles. The fourth-order valence-corrected chi connectivity index (χ4v) is 2.43. The van der Waals surface area contributed by atoms with Crippen LogP contribution in [-0.4, -0.2) is 13.1 Å². The number of hydrogen-bond donors (Lipinski definition) is 2. The molecule has 1 aliphatic heterocycles. The normalized spacial score (nSPS) is 23.0. The van der Waals surface area contributed by atoms with Gasteiger partial charge in [0.1, 0.15) is 0 Å². The lowest BCUT2D eigenvalue weighted by Crippen LogP contribution is -2.36. The van der Waals surface area contributed by atoms with Gasteiger partial charge in [-0.1, -0.05) is 31.2 Å². The topological polar surface area (TPSA) is 38.0 Å². The quantitative estimate of drug-likeness (QED) is 0.816. The van der Waals surface area contributed by atoms with Crippen LogP contribution in [0.25, 0.3) is 0 Å². The number of aryl methyl sites for hydroxylation is 1. The highest BCUT2D eigenvalue weighted by Crippen LogP contribution is 2.25. The van der Waals surface area contributed by atoms with Crippen LogP contribution in [0.3, 0.4) is 0 Å². The fraction of sp³-hybridized carbons (Fsp3) is 0.571. The van der Waals surface area contributed by atoms with Gasteiger partial charge < -0.3 is 11.1 Å². The van der Waals surface area contributed by atoms with Crippen LogP contribution >= 0.6 is 0 Å². The molecule has 0 saturated carbocycles. The second kappa shape index (κ2) is 5.46. The van der Waals surface area contributed by atoms with Gasteiger partial charge in [0.2, 0.25) is 0 Å². The lowest BCUT2D eigenvalue weighted by atomic mass is 9.87. The summed E-state index contributed by atoms with van der Waals surface area (Å²) < 4.78 is 0. The second-order valence-electron chi connectivity index (χ2n) is 4.73. The standard InChI is InChI=1S/C14H22N2/c1-2-11-5-7-12(8-6-11)14(15)13-4-3-9-16-10-13/h5-8,13-14,16H,2-4,9-10,15H2,1H3. The summed E-state index contributed by atoms with van der Waals surface area (Å²) in [7, 11) is 0. The number of nitrogens with one attached hydrogen (secondary N) is 1. The summed E-state index contributed by atoms with van der Waals surface area (Å²) in [6.07, 6.45) is 3.61. The fourth-order valence-electron chi connectivity index (χ4n) is 2.43. The molecule has 1 aliphatic rings. The summed E-state index contributed by atoms with van der Waals surface area (Å²) in [4.78, 5) is 0. The number of nitrogens with two attached hydrogens (primary N) is 1. The van der Waals surface area contributed by atoms with E-state index in [4.69, 9.17) is 5.73 Å². The molecule has 1 fully saturated rings. The van der Waals surface area contributed by atoms with Crippen molar-refractivity contribution in [3.8, 4) is 0 Å². The van der Waals surface area contributed by atoms with Gasteiger partial charge in [0.25, 0.3) is 0 Å². The van der Waals surface area contributed by atoms with E-state index in [1.54, 1.807) is 0 Å². The lowest BCUT2D eigenvalue weighted by Gasteiger charge is -2.28. The van der Waals surface area contributed by atoms with E-state index in [2.05, 4.69) is 36.5 Å². The third-order valence-electron chi connectivity index (χ3n) is 3.62. The summed E-state index contributed by atoms with van der Waals surface area (Å²) in [5.41, 5.74) is 8.99. The van der Waals surface area contributed by atoms with Crippen LogP contribution in [0.4, 0.5) is 0 Å². The van der Waals surface area contributed by atoms with Crippen molar-refractivity contribution in [3.05, 3.63) is 35.4 Å². The van der Waals surface area contributed by atoms with Crippen molar-refractivity contribution in [1.82, 2.24) is 5.32 Å². The van der Waals surface area contributed by atoms with Gasteiger partial charge in [-0.2, -0.15) is 0 Å². The highest BCUT2D eigenvalue weighted by Gasteiger charge is 2.21. The van der Waals surface area contributed by atoms with Crippen LogP contribution < -0.4 is 11.1 Å². The van der Waals surface area contributed by atoms with Crippen molar-refractivity contribution in [1.29, 1.82) is 0 Å².